The SMILES string of the molecule is N#CC1(C(=O)N2CC3CC4CC3C2C4O)CC1. The summed E-state index contributed by atoms with van der Waals surface area (Å²) in [7, 11) is 0. The van der Waals surface area contributed by atoms with Crippen molar-refractivity contribution in [1.29, 1.82) is 5.26 Å². The molecule has 0 spiro atoms. The van der Waals surface area contributed by atoms with Crippen LogP contribution < -0.4 is 0 Å². The Morgan fingerprint density at radius 2 is 2.12 bits per heavy atom. The van der Waals surface area contributed by atoms with Gasteiger partial charge in [0.2, 0.25) is 5.91 Å². The van der Waals surface area contributed by atoms with Crippen molar-refractivity contribution >= 4 is 5.91 Å². The highest BCUT2D eigenvalue weighted by Gasteiger charge is 2.63. The Morgan fingerprint density at radius 3 is 2.71 bits per heavy atom. The van der Waals surface area contributed by atoms with Gasteiger partial charge in [-0.1, -0.05) is 0 Å². The van der Waals surface area contributed by atoms with Crippen molar-refractivity contribution < 1.29 is 9.90 Å². The Hall–Kier alpha value is -1.08. The van der Waals surface area contributed by atoms with E-state index in [9.17, 15) is 9.90 Å². The van der Waals surface area contributed by atoms with Crippen LogP contribution >= 0.6 is 0 Å². The Bertz CT molecular complexity index is 435. The molecule has 0 aromatic carbocycles. The van der Waals surface area contributed by atoms with Crippen molar-refractivity contribution in [2.45, 2.75) is 37.8 Å². The summed E-state index contributed by atoms with van der Waals surface area (Å²) in [4.78, 5) is 14.3. The van der Waals surface area contributed by atoms with E-state index in [0.717, 1.165) is 19.4 Å². The molecule has 1 amide bonds. The number of hydrogen-bond acceptors (Lipinski definition) is 3. The minimum atomic E-state index is -0.721. The largest absolute Gasteiger partial charge is 0.391 e. The van der Waals surface area contributed by atoms with Gasteiger partial charge in [0.15, 0.2) is 0 Å². The molecule has 2 bridgehead atoms. The first-order valence-corrected chi connectivity index (χ1v) is 6.57. The van der Waals surface area contributed by atoms with Gasteiger partial charge in [-0.05, 0) is 43.4 Å². The fourth-order valence-electron chi connectivity index (χ4n) is 4.42. The number of fused-ring (bicyclic) bond motifs is 1. The van der Waals surface area contributed by atoms with Gasteiger partial charge in [-0.2, -0.15) is 5.26 Å². The van der Waals surface area contributed by atoms with Crippen molar-refractivity contribution in [2.24, 2.45) is 23.2 Å². The van der Waals surface area contributed by atoms with Gasteiger partial charge in [0.05, 0.1) is 18.2 Å². The number of aliphatic hydroxyl groups is 1. The molecule has 0 aromatic heterocycles. The van der Waals surface area contributed by atoms with E-state index >= 15 is 0 Å². The van der Waals surface area contributed by atoms with E-state index in [0.29, 0.717) is 30.6 Å². The van der Waals surface area contributed by atoms with Crippen LogP contribution in [0.4, 0.5) is 0 Å². The van der Waals surface area contributed by atoms with Gasteiger partial charge in [0, 0.05) is 6.54 Å². The number of nitrogens with zero attached hydrogens (tertiary/aromatic N) is 2. The van der Waals surface area contributed by atoms with Crippen LogP contribution in [0.1, 0.15) is 25.7 Å². The summed E-state index contributed by atoms with van der Waals surface area (Å²) in [5.41, 5.74) is -0.721. The monoisotopic (exact) mass is 232 g/mol. The number of likely N-dealkylation sites (tertiary alicyclic amines) is 1. The summed E-state index contributed by atoms with van der Waals surface area (Å²) in [6.45, 7) is 0.783. The van der Waals surface area contributed by atoms with Gasteiger partial charge in [0.1, 0.15) is 5.41 Å². The highest BCUT2D eigenvalue weighted by molar-refractivity contribution is 5.89. The molecule has 4 nitrogen and oxygen atoms in total. The van der Waals surface area contributed by atoms with Crippen LogP contribution in [0.3, 0.4) is 0 Å². The van der Waals surface area contributed by atoms with Gasteiger partial charge in [-0.15, -0.1) is 0 Å². The Kier molecular flexibility index (Phi) is 1.65. The van der Waals surface area contributed by atoms with E-state index < -0.39 is 5.41 Å². The molecule has 4 fully saturated rings. The molecule has 4 aliphatic rings. The highest BCUT2D eigenvalue weighted by atomic mass is 16.3. The number of rotatable bonds is 1. The van der Waals surface area contributed by atoms with E-state index in [1.54, 1.807) is 0 Å². The van der Waals surface area contributed by atoms with E-state index in [-0.39, 0.29) is 18.1 Å². The van der Waals surface area contributed by atoms with Crippen LogP contribution in [0, 0.1) is 34.5 Å². The van der Waals surface area contributed by atoms with E-state index in [4.69, 9.17) is 5.26 Å². The van der Waals surface area contributed by atoms with E-state index in [2.05, 4.69) is 6.07 Å². The van der Waals surface area contributed by atoms with E-state index in [1.165, 1.54) is 0 Å². The summed E-state index contributed by atoms with van der Waals surface area (Å²) >= 11 is 0. The molecule has 90 valence electrons. The van der Waals surface area contributed by atoms with Crippen molar-refractivity contribution in [1.82, 2.24) is 4.90 Å². The molecule has 4 rings (SSSR count). The quantitative estimate of drug-likeness (QED) is 0.716. The normalized spacial score (nSPS) is 48.2. The fraction of sp³-hybridized carbons (Fsp3) is 0.846. The zero-order chi connectivity index (χ0) is 11.8. The highest BCUT2D eigenvalue weighted by Crippen LogP contribution is 2.57. The lowest BCUT2D eigenvalue weighted by Gasteiger charge is -2.30. The van der Waals surface area contributed by atoms with Crippen molar-refractivity contribution in [3.8, 4) is 6.07 Å². The van der Waals surface area contributed by atoms with Gasteiger partial charge in [0.25, 0.3) is 0 Å². The lowest BCUT2D eigenvalue weighted by molar-refractivity contribution is -0.137. The van der Waals surface area contributed by atoms with Crippen LogP contribution in [0.25, 0.3) is 0 Å². The zero-order valence-electron chi connectivity index (χ0n) is 9.67. The summed E-state index contributed by atoms with van der Waals surface area (Å²) in [6, 6.07) is 2.20. The minimum absolute atomic E-state index is 0.000833. The van der Waals surface area contributed by atoms with E-state index in [1.807, 2.05) is 4.90 Å². The van der Waals surface area contributed by atoms with Crippen LogP contribution in [-0.2, 0) is 4.79 Å². The number of nitriles is 1. The molecule has 1 saturated heterocycles. The number of hydrogen-bond donors (Lipinski definition) is 1. The molecule has 1 N–H and O–H groups in total. The molecule has 0 aromatic rings. The maximum atomic E-state index is 12.4. The van der Waals surface area contributed by atoms with Crippen LogP contribution in [0.2, 0.25) is 0 Å². The molecule has 3 saturated carbocycles. The maximum Gasteiger partial charge on any atom is 0.243 e. The number of amides is 1. The first kappa shape index (κ1) is 9.90. The third kappa shape index (κ3) is 1.04. The van der Waals surface area contributed by atoms with Crippen LogP contribution in [-0.4, -0.2) is 34.6 Å². The van der Waals surface area contributed by atoms with Crippen LogP contribution in [0.15, 0.2) is 0 Å². The predicted octanol–water partition coefficient (Wildman–Crippen LogP) is 0.518. The average Bonchev–Trinajstić information content (AvgIpc) is 2.81. The van der Waals surface area contributed by atoms with Crippen molar-refractivity contribution in [3.63, 3.8) is 0 Å². The zero-order valence-corrected chi connectivity index (χ0v) is 9.67. The number of carbonyl (C=O) groups is 1. The molecule has 0 radical (unpaired) electrons. The second-order valence-electron chi connectivity index (χ2n) is 6.29. The molecular weight excluding hydrogens is 216 g/mol. The third-order valence-corrected chi connectivity index (χ3v) is 5.48. The van der Waals surface area contributed by atoms with Gasteiger partial charge < -0.3 is 10.0 Å². The first-order valence-electron chi connectivity index (χ1n) is 6.57. The smallest absolute Gasteiger partial charge is 0.243 e. The molecule has 1 aliphatic heterocycles. The summed E-state index contributed by atoms with van der Waals surface area (Å²) in [5, 5.41) is 19.3. The lowest BCUT2D eigenvalue weighted by atomic mass is 9.88. The Morgan fingerprint density at radius 1 is 1.35 bits per heavy atom. The lowest BCUT2D eigenvalue weighted by Crippen LogP contribution is -2.46. The molecule has 4 heteroatoms. The van der Waals surface area contributed by atoms with Gasteiger partial charge in [-0.3, -0.25) is 4.79 Å². The standard InChI is InChI=1S/C13H16N2O2/c14-6-13(1-2-13)12(17)15-5-8-3-7-4-9(8)10(15)11(7)16/h7-11,16H,1-5H2. The topological polar surface area (TPSA) is 64.3 Å². The summed E-state index contributed by atoms with van der Waals surface area (Å²) in [6.07, 6.45) is 3.24. The second-order valence-corrected chi connectivity index (χ2v) is 6.29. The minimum Gasteiger partial charge on any atom is -0.391 e. The number of aliphatic hydroxyl groups excluding tert-OH is 1. The molecule has 17 heavy (non-hydrogen) atoms. The third-order valence-electron chi connectivity index (χ3n) is 5.48. The van der Waals surface area contributed by atoms with Crippen LogP contribution in [0.5, 0.6) is 0 Å². The molecule has 5 unspecified atom stereocenters. The average molecular weight is 232 g/mol. The maximum absolute atomic E-state index is 12.4. The molecule has 1 heterocycles. The molecule has 5 atom stereocenters. The van der Waals surface area contributed by atoms with Gasteiger partial charge >= 0.3 is 0 Å². The predicted molar refractivity (Wildman–Crippen MR) is 58.5 cm³/mol. The fourth-order valence-corrected chi connectivity index (χ4v) is 4.42. The molecular formula is C13H16N2O2. The van der Waals surface area contributed by atoms with Crippen molar-refractivity contribution in [2.75, 3.05) is 6.54 Å². The second kappa shape index (κ2) is 2.84. The summed E-state index contributed by atoms with van der Waals surface area (Å²) in [5.74, 6) is 1.50. The number of carbonyl (C=O) groups excluding carboxylic acids is 1. The van der Waals surface area contributed by atoms with Gasteiger partial charge in [-0.25, -0.2) is 0 Å². The molecule has 3 aliphatic carbocycles. The summed E-state index contributed by atoms with van der Waals surface area (Å²) < 4.78 is 0. The van der Waals surface area contributed by atoms with Crippen molar-refractivity contribution in [3.05, 3.63) is 0 Å². The Labute approximate surface area is 100 Å². The first-order chi connectivity index (χ1) is 8.16. The Balaban J connectivity index is 1.65.